The largest absolute Gasteiger partial charge is 0.455 e. The summed E-state index contributed by atoms with van der Waals surface area (Å²) >= 11 is 0. The van der Waals surface area contributed by atoms with Crippen molar-refractivity contribution in [3.8, 4) is 22.6 Å². The molecule has 0 spiro atoms. The van der Waals surface area contributed by atoms with Gasteiger partial charge in [0.05, 0.1) is 12.7 Å². The molecule has 3 heteroatoms. The number of hydrogen-bond acceptors (Lipinski definition) is 3. The first-order valence-corrected chi connectivity index (χ1v) is 13.8. The molecule has 2 heterocycles. The van der Waals surface area contributed by atoms with Gasteiger partial charge in [-0.1, -0.05) is 127 Å². The van der Waals surface area contributed by atoms with Crippen molar-refractivity contribution in [2.75, 3.05) is 16.5 Å². The standard InChI is InChI=1S/C37H30N2O/c1-6-16-28(17-7-1)35-34-33(36(29-18-8-2-9-19-29)40-37(34)30-20-10-3-11-21-30)26-38(31-22-12-4-13-23-31)27-39(35)32-24-14-5-15-25-32/h1-25,35H,26-27H2. The second-order valence-corrected chi connectivity index (χ2v) is 10.2. The van der Waals surface area contributed by atoms with Crippen LogP contribution in [-0.4, -0.2) is 6.67 Å². The zero-order valence-electron chi connectivity index (χ0n) is 22.2. The number of anilines is 2. The lowest BCUT2D eigenvalue weighted by atomic mass is 9.90. The Morgan fingerprint density at radius 1 is 0.500 bits per heavy atom. The maximum Gasteiger partial charge on any atom is 0.140 e. The molecule has 0 amide bonds. The van der Waals surface area contributed by atoms with Gasteiger partial charge in [-0.3, -0.25) is 0 Å². The normalized spacial score (nSPS) is 14.9. The number of nitrogens with zero attached hydrogens (tertiary/aromatic N) is 2. The first-order valence-electron chi connectivity index (χ1n) is 13.8. The predicted molar refractivity (Wildman–Crippen MR) is 164 cm³/mol. The van der Waals surface area contributed by atoms with E-state index in [-0.39, 0.29) is 6.04 Å². The van der Waals surface area contributed by atoms with Crippen LogP contribution in [-0.2, 0) is 6.54 Å². The molecule has 3 nitrogen and oxygen atoms in total. The molecule has 0 N–H and O–H groups in total. The number of para-hydroxylation sites is 2. The zero-order chi connectivity index (χ0) is 26.7. The van der Waals surface area contributed by atoms with Crippen LogP contribution >= 0.6 is 0 Å². The first-order chi connectivity index (χ1) is 19.9. The summed E-state index contributed by atoms with van der Waals surface area (Å²) in [5.41, 5.74) is 8.22. The van der Waals surface area contributed by atoms with Crippen LogP contribution in [0.1, 0.15) is 22.7 Å². The molecule has 0 saturated heterocycles. The van der Waals surface area contributed by atoms with E-state index in [1.807, 2.05) is 0 Å². The molecule has 0 aliphatic carbocycles. The molecule has 0 saturated carbocycles. The number of rotatable bonds is 5. The molecule has 40 heavy (non-hydrogen) atoms. The van der Waals surface area contributed by atoms with E-state index in [2.05, 4.69) is 161 Å². The molecule has 6 aromatic rings. The van der Waals surface area contributed by atoms with E-state index >= 15 is 0 Å². The average Bonchev–Trinajstić information content (AvgIpc) is 3.31. The predicted octanol–water partition coefficient (Wildman–Crippen LogP) is 9.19. The fraction of sp³-hybridized carbons (Fsp3) is 0.0811. The molecular formula is C37H30N2O. The van der Waals surface area contributed by atoms with Crippen molar-refractivity contribution in [3.63, 3.8) is 0 Å². The van der Waals surface area contributed by atoms with E-state index < -0.39 is 0 Å². The minimum Gasteiger partial charge on any atom is -0.455 e. The molecule has 1 atom stereocenters. The third kappa shape index (κ3) is 4.46. The van der Waals surface area contributed by atoms with Crippen molar-refractivity contribution in [2.45, 2.75) is 12.6 Å². The molecule has 7 rings (SSSR count). The monoisotopic (exact) mass is 518 g/mol. The summed E-state index contributed by atoms with van der Waals surface area (Å²) in [6, 6.07) is 53.4. The van der Waals surface area contributed by atoms with Crippen LogP contribution in [0, 0.1) is 0 Å². The summed E-state index contributed by atoms with van der Waals surface area (Å²) < 4.78 is 6.96. The van der Waals surface area contributed by atoms with Crippen LogP contribution in [0.2, 0.25) is 0 Å². The lowest BCUT2D eigenvalue weighted by molar-refractivity contribution is 0.582. The Labute approximate surface area is 235 Å². The van der Waals surface area contributed by atoms with Gasteiger partial charge in [0.15, 0.2) is 0 Å². The molecule has 1 unspecified atom stereocenters. The Morgan fingerprint density at radius 3 is 1.55 bits per heavy atom. The molecule has 0 radical (unpaired) electrons. The molecular weight excluding hydrogens is 488 g/mol. The molecule has 1 aliphatic rings. The van der Waals surface area contributed by atoms with Gasteiger partial charge >= 0.3 is 0 Å². The van der Waals surface area contributed by atoms with Gasteiger partial charge in [-0.2, -0.15) is 0 Å². The fourth-order valence-electron chi connectivity index (χ4n) is 5.86. The van der Waals surface area contributed by atoms with Gasteiger partial charge in [0.25, 0.3) is 0 Å². The third-order valence-corrected chi connectivity index (χ3v) is 7.70. The summed E-state index contributed by atoms with van der Waals surface area (Å²) in [5, 5.41) is 0. The van der Waals surface area contributed by atoms with Crippen LogP contribution in [0.15, 0.2) is 156 Å². The van der Waals surface area contributed by atoms with Crippen molar-refractivity contribution in [1.82, 2.24) is 0 Å². The van der Waals surface area contributed by atoms with Gasteiger partial charge in [-0.25, -0.2) is 0 Å². The second-order valence-electron chi connectivity index (χ2n) is 10.2. The molecule has 1 aliphatic heterocycles. The van der Waals surface area contributed by atoms with Crippen molar-refractivity contribution in [1.29, 1.82) is 0 Å². The van der Waals surface area contributed by atoms with E-state index in [0.29, 0.717) is 0 Å². The van der Waals surface area contributed by atoms with Crippen LogP contribution in [0.3, 0.4) is 0 Å². The Kier molecular flexibility index (Phi) is 6.39. The zero-order valence-corrected chi connectivity index (χ0v) is 22.2. The first kappa shape index (κ1) is 24.1. The molecule has 0 fully saturated rings. The Morgan fingerprint density at radius 2 is 0.975 bits per heavy atom. The number of benzene rings is 5. The van der Waals surface area contributed by atoms with Crippen molar-refractivity contribution < 1.29 is 4.42 Å². The van der Waals surface area contributed by atoms with Crippen LogP contribution in [0.25, 0.3) is 22.6 Å². The average molecular weight is 519 g/mol. The van der Waals surface area contributed by atoms with Gasteiger partial charge in [-0.15, -0.1) is 0 Å². The van der Waals surface area contributed by atoms with Gasteiger partial charge in [-0.05, 0) is 29.8 Å². The van der Waals surface area contributed by atoms with Crippen molar-refractivity contribution in [3.05, 3.63) is 168 Å². The highest BCUT2D eigenvalue weighted by atomic mass is 16.3. The van der Waals surface area contributed by atoms with E-state index in [0.717, 1.165) is 35.9 Å². The SMILES string of the molecule is c1ccc(-c2oc(-c3ccccc3)c3c2CN(c2ccccc2)CN(c2ccccc2)C3c2ccccc2)cc1. The quantitative estimate of drug-likeness (QED) is 0.227. The lowest BCUT2D eigenvalue weighted by Gasteiger charge is -2.36. The fourth-order valence-corrected chi connectivity index (χ4v) is 5.86. The Balaban J connectivity index is 1.55. The van der Waals surface area contributed by atoms with Crippen LogP contribution in [0.4, 0.5) is 11.4 Å². The Hall–Kier alpha value is -5.02. The van der Waals surface area contributed by atoms with Crippen molar-refractivity contribution in [2.24, 2.45) is 0 Å². The summed E-state index contributed by atoms with van der Waals surface area (Å²) in [4.78, 5) is 4.98. The highest BCUT2D eigenvalue weighted by Gasteiger charge is 2.37. The maximum absolute atomic E-state index is 6.96. The third-order valence-electron chi connectivity index (χ3n) is 7.70. The highest BCUT2D eigenvalue weighted by Crippen LogP contribution is 2.48. The number of hydrogen-bond donors (Lipinski definition) is 0. The molecule has 194 valence electrons. The summed E-state index contributed by atoms with van der Waals surface area (Å²) in [6.45, 7) is 1.46. The number of fused-ring (bicyclic) bond motifs is 1. The molecule has 5 aromatic carbocycles. The summed E-state index contributed by atoms with van der Waals surface area (Å²) in [5.74, 6) is 1.87. The molecule has 0 bridgehead atoms. The smallest absolute Gasteiger partial charge is 0.140 e. The topological polar surface area (TPSA) is 19.6 Å². The minimum absolute atomic E-state index is 0.0521. The highest BCUT2D eigenvalue weighted by molar-refractivity contribution is 5.76. The van der Waals surface area contributed by atoms with E-state index in [9.17, 15) is 0 Å². The maximum atomic E-state index is 6.96. The Bertz CT molecular complexity index is 1680. The lowest BCUT2D eigenvalue weighted by Crippen LogP contribution is -2.38. The second kappa shape index (κ2) is 10.6. The summed E-state index contributed by atoms with van der Waals surface area (Å²) in [7, 11) is 0. The number of furan rings is 1. The van der Waals surface area contributed by atoms with Gasteiger partial charge in [0, 0.05) is 40.2 Å². The van der Waals surface area contributed by atoms with Crippen LogP contribution in [0.5, 0.6) is 0 Å². The van der Waals surface area contributed by atoms with Gasteiger partial charge < -0.3 is 14.2 Å². The van der Waals surface area contributed by atoms with Gasteiger partial charge in [0.1, 0.15) is 11.5 Å². The molecule has 1 aromatic heterocycles. The van der Waals surface area contributed by atoms with Crippen LogP contribution < -0.4 is 9.80 Å². The minimum atomic E-state index is -0.0521. The summed E-state index contributed by atoms with van der Waals surface area (Å²) in [6.07, 6.45) is 0. The van der Waals surface area contributed by atoms with E-state index in [4.69, 9.17) is 4.42 Å². The van der Waals surface area contributed by atoms with Gasteiger partial charge in [0.2, 0.25) is 0 Å². The van der Waals surface area contributed by atoms with E-state index in [1.165, 1.54) is 28.1 Å². The van der Waals surface area contributed by atoms with E-state index in [1.54, 1.807) is 0 Å². The van der Waals surface area contributed by atoms with Crippen molar-refractivity contribution >= 4 is 11.4 Å².